The molecule has 5 aliphatic rings. The van der Waals surface area contributed by atoms with E-state index in [9.17, 15) is 24.9 Å². The number of aliphatic hydroxyl groups excluding tert-OH is 1. The Morgan fingerprint density at radius 3 is 2.11 bits per heavy atom. The lowest BCUT2D eigenvalue weighted by Gasteiger charge is -2.62. The molecular weight excluding hydrogens is 568 g/mol. The standard InChI is InChI=1S/C38H50O7/c1-20(2)11-10-12-23(7)14-16-24-30(39)25(15-13-21(3)4)34-28(31(24)40)33(42)29-32(41)26-19-27-36(8,9)45-37(35(26)43,18-17-22(5)6)38(27,29)44-34/h11,13-14,17,26-27,29,32,39-41H,10,12,15-16,18-19H2,1-9H3/b23-14+/t26-,27?,29?,32?,37-,38-/m0/s1. The Hall–Kier alpha value is -3.16. The van der Waals surface area contributed by atoms with Crippen LogP contribution in [0.15, 0.2) is 46.6 Å². The van der Waals surface area contributed by atoms with Gasteiger partial charge in [-0.15, -0.1) is 0 Å². The molecule has 3 N–H and O–H groups in total. The first-order valence-electron chi connectivity index (χ1n) is 16.3. The van der Waals surface area contributed by atoms with Gasteiger partial charge in [0.1, 0.15) is 22.8 Å². The Labute approximate surface area is 267 Å². The van der Waals surface area contributed by atoms with E-state index in [1.807, 2.05) is 66.7 Å². The lowest BCUT2D eigenvalue weighted by Crippen LogP contribution is -2.80. The van der Waals surface area contributed by atoms with E-state index in [2.05, 4.69) is 19.9 Å². The molecule has 3 unspecified atom stereocenters. The highest BCUT2D eigenvalue weighted by atomic mass is 16.6. The molecule has 244 valence electrons. The van der Waals surface area contributed by atoms with Gasteiger partial charge in [0.25, 0.3) is 0 Å². The maximum Gasteiger partial charge on any atom is 0.180 e. The fourth-order valence-electron chi connectivity index (χ4n) is 8.36. The van der Waals surface area contributed by atoms with Gasteiger partial charge in [0.2, 0.25) is 0 Å². The number of Topliss-reactive ketones (excluding diaryl/α,β-unsaturated/α-hetero) is 2. The summed E-state index contributed by atoms with van der Waals surface area (Å²) in [6, 6.07) is 0. The third-order valence-corrected chi connectivity index (χ3v) is 10.5. The summed E-state index contributed by atoms with van der Waals surface area (Å²) in [4.78, 5) is 29.1. The van der Waals surface area contributed by atoms with Crippen LogP contribution in [0.4, 0.5) is 0 Å². The fourth-order valence-corrected chi connectivity index (χ4v) is 8.36. The molecule has 0 radical (unpaired) electrons. The largest absolute Gasteiger partial charge is 0.507 e. The summed E-state index contributed by atoms with van der Waals surface area (Å²) in [6.07, 6.45) is 9.49. The molecule has 2 aliphatic heterocycles. The number of hydrogen-bond acceptors (Lipinski definition) is 7. The maximum absolute atomic E-state index is 14.8. The molecule has 45 heavy (non-hydrogen) atoms. The number of aliphatic hydroxyl groups is 1. The van der Waals surface area contributed by atoms with Gasteiger partial charge in [-0.05, 0) is 94.4 Å². The van der Waals surface area contributed by atoms with Gasteiger partial charge in [0, 0.05) is 29.4 Å². The number of ether oxygens (including phenoxy) is 2. The Bertz CT molecular complexity index is 1540. The van der Waals surface area contributed by atoms with E-state index in [1.54, 1.807) is 0 Å². The van der Waals surface area contributed by atoms with Gasteiger partial charge < -0.3 is 24.8 Å². The number of aromatic hydroxyl groups is 2. The van der Waals surface area contributed by atoms with Crippen molar-refractivity contribution < 1.29 is 34.4 Å². The molecule has 7 nitrogen and oxygen atoms in total. The van der Waals surface area contributed by atoms with Crippen molar-refractivity contribution in [1.29, 1.82) is 0 Å². The molecule has 6 atom stereocenters. The van der Waals surface area contributed by atoms with Crippen LogP contribution in [0, 0.1) is 17.8 Å². The lowest BCUT2D eigenvalue weighted by molar-refractivity contribution is -0.220. The number of carbonyl (C=O) groups excluding carboxylic acids is 2. The number of rotatable bonds is 9. The van der Waals surface area contributed by atoms with Crippen LogP contribution in [-0.2, 0) is 22.4 Å². The monoisotopic (exact) mass is 618 g/mol. The van der Waals surface area contributed by atoms with Crippen LogP contribution >= 0.6 is 0 Å². The topological polar surface area (TPSA) is 113 Å². The summed E-state index contributed by atoms with van der Waals surface area (Å²) in [7, 11) is 0. The summed E-state index contributed by atoms with van der Waals surface area (Å²) in [6.45, 7) is 17.8. The van der Waals surface area contributed by atoms with E-state index >= 15 is 0 Å². The molecule has 1 saturated heterocycles. The van der Waals surface area contributed by atoms with E-state index in [1.165, 1.54) is 5.57 Å². The molecule has 0 amide bonds. The molecule has 2 heterocycles. The molecule has 4 bridgehead atoms. The zero-order valence-electron chi connectivity index (χ0n) is 28.3. The van der Waals surface area contributed by atoms with E-state index < -0.39 is 40.5 Å². The second-order valence-electron chi connectivity index (χ2n) is 14.9. The molecule has 1 aromatic rings. The smallest absolute Gasteiger partial charge is 0.180 e. The van der Waals surface area contributed by atoms with Crippen LogP contribution < -0.4 is 4.74 Å². The van der Waals surface area contributed by atoms with Gasteiger partial charge >= 0.3 is 0 Å². The van der Waals surface area contributed by atoms with E-state index in [4.69, 9.17) is 9.47 Å². The summed E-state index contributed by atoms with van der Waals surface area (Å²) in [5, 5.41) is 35.2. The molecule has 7 heteroatoms. The molecule has 4 fully saturated rings. The summed E-state index contributed by atoms with van der Waals surface area (Å²) in [5.74, 6) is -3.34. The molecular formula is C38H50O7. The average molecular weight is 619 g/mol. The van der Waals surface area contributed by atoms with Gasteiger partial charge in [0.15, 0.2) is 22.8 Å². The first-order valence-corrected chi connectivity index (χ1v) is 16.3. The van der Waals surface area contributed by atoms with Crippen molar-refractivity contribution in [3.8, 4) is 17.2 Å². The molecule has 6 rings (SSSR count). The van der Waals surface area contributed by atoms with Crippen molar-refractivity contribution in [1.82, 2.24) is 0 Å². The predicted molar refractivity (Wildman–Crippen MR) is 175 cm³/mol. The number of hydrogen-bond donors (Lipinski definition) is 3. The Morgan fingerprint density at radius 1 is 0.867 bits per heavy atom. The van der Waals surface area contributed by atoms with E-state index in [-0.39, 0.29) is 59.3 Å². The third kappa shape index (κ3) is 5.01. The molecule has 1 aromatic carbocycles. The average Bonchev–Trinajstić information content (AvgIpc) is 3.07. The molecule has 3 saturated carbocycles. The second-order valence-corrected chi connectivity index (χ2v) is 14.9. The first kappa shape index (κ1) is 33.2. The predicted octanol–water partition coefficient (Wildman–Crippen LogP) is 7.26. The van der Waals surface area contributed by atoms with Crippen LogP contribution in [0.1, 0.15) is 109 Å². The number of ketones is 2. The van der Waals surface area contributed by atoms with E-state index in [0.717, 1.165) is 29.6 Å². The Balaban J connectivity index is 1.72. The van der Waals surface area contributed by atoms with Crippen molar-refractivity contribution in [3.05, 3.63) is 63.3 Å². The number of benzene rings is 1. The minimum Gasteiger partial charge on any atom is -0.507 e. The number of carbonyl (C=O) groups is 2. The van der Waals surface area contributed by atoms with Gasteiger partial charge in [-0.25, -0.2) is 0 Å². The summed E-state index contributed by atoms with van der Waals surface area (Å²) < 4.78 is 13.8. The van der Waals surface area contributed by atoms with Gasteiger partial charge in [-0.1, -0.05) is 46.6 Å². The van der Waals surface area contributed by atoms with E-state index in [0.29, 0.717) is 12.0 Å². The van der Waals surface area contributed by atoms with Crippen LogP contribution in [0.2, 0.25) is 0 Å². The number of allylic oxidation sites excluding steroid dienone is 7. The first-order chi connectivity index (χ1) is 21.0. The number of phenolic OH excluding ortho intramolecular Hbond substituents is 2. The SMILES string of the molecule is CC(C)=CCC/C(C)=C/Cc1c(O)c(CC=C(C)C)c2c(c1O)C(=O)C1C(O)[C@@H]3CC4C(C)(C)O[C@@](CC=C(C)C)(C3=O)[C@@]14O2. The second kappa shape index (κ2) is 11.6. The highest BCUT2D eigenvalue weighted by Gasteiger charge is 2.85. The van der Waals surface area contributed by atoms with Gasteiger partial charge in [-0.3, -0.25) is 9.59 Å². The molecule has 0 aromatic heterocycles. The Kier molecular flexibility index (Phi) is 8.54. The lowest BCUT2D eigenvalue weighted by atomic mass is 9.45. The van der Waals surface area contributed by atoms with Gasteiger partial charge in [-0.2, -0.15) is 0 Å². The zero-order chi connectivity index (χ0) is 33.2. The van der Waals surface area contributed by atoms with Crippen LogP contribution in [0.5, 0.6) is 17.2 Å². The normalized spacial score (nSPS) is 30.8. The Morgan fingerprint density at radius 2 is 1.49 bits per heavy atom. The van der Waals surface area contributed by atoms with Crippen molar-refractivity contribution >= 4 is 11.6 Å². The van der Waals surface area contributed by atoms with Crippen molar-refractivity contribution in [2.24, 2.45) is 17.8 Å². The van der Waals surface area contributed by atoms with Gasteiger partial charge in [0.05, 0.1) is 17.6 Å². The highest BCUT2D eigenvalue weighted by molar-refractivity contribution is 6.09. The summed E-state index contributed by atoms with van der Waals surface area (Å²) in [5.41, 5.74) is 1.15. The highest BCUT2D eigenvalue weighted by Crippen LogP contribution is 2.70. The number of phenols is 2. The van der Waals surface area contributed by atoms with Crippen LogP contribution in [0.25, 0.3) is 0 Å². The minimum absolute atomic E-state index is 0.0280. The number of fused-ring (bicyclic) bond motifs is 1. The quantitative estimate of drug-likeness (QED) is 0.250. The van der Waals surface area contributed by atoms with Crippen LogP contribution in [-0.4, -0.2) is 49.8 Å². The zero-order valence-corrected chi connectivity index (χ0v) is 28.3. The minimum atomic E-state index is -1.50. The third-order valence-electron chi connectivity index (χ3n) is 10.5. The fraction of sp³-hybridized carbons (Fsp3) is 0.579. The molecule has 3 aliphatic carbocycles. The van der Waals surface area contributed by atoms with Crippen molar-refractivity contribution in [2.45, 2.75) is 124 Å². The summed E-state index contributed by atoms with van der Waals surface area (Å²) >= 11 is 0. The molecule has 1 spiro atoms. The van der Waals surface area contributed by atoms with Crippen LogP contribution in [0.3, 0.4) is 0 Å². The van der Waals surface area contributed by atoms with Crippen molar-refractivity contribution in [3.63, 3.8) is 0 Å². The van der Waals surface area contributed by atoms with Crippen molar-refractivity contribution in [2.75, 3.05) is 0 Å². The maximum atomic E-state index is 14.8.